The molecule has 0 N–H and O–H groups in total. The van der Waals surface area contributed by atoms with Crippen LogP contribution < -0.4 is 0 Å². The molecule has 1 heterocycles. The molecular formula is C23H20Br2FN. The Balaban J connectivity index is 2.41. The van der Waals surface area contributed by atoms with E-state index < -0.39 is 0 Å². The summed E-state index contributed by atoms with van der Waals surface area (Å²) in [5.41, 5.74) is 7.21. The number of rotatable bonds is 4. The van der Waals surface area contributed by atoms with E-state index in [-0.39, 0.29) is 11.7 Å². The van der Waals surface area contributed by atoms with Crippen LogP contribution in [0.1, 0.15) is 36.6 Å². The average Bonchev–Trinajstić information content (AvgIpc) is 2.63. The number of hydrogen-bond acceptors (Lipinski definition) is 1. The predicted octanol–water partition coefficient (Wildman–Crippen LogP) is 8.07. The molecule has 0 amide bonds. The second kappa shape index (κ2) is 8.49. The van der Waals surface area contributed by atoms with Crippen LogP contribution in [0.3, 0.4) is 0 Å². The van der Waals surface area contributed by atoms with Crippen LogP contribution in [0.2, 0.25) is 0 Å². The summed E-state index contributed by atoms with van der Waals surface area (Å²) in [6.45, 7) is 6.36. The van der Waals surface area contributed by atoms with Crippen molar-refractivity contribution >= 4 is 37.9 Å². The van der Waals surface area contributed by atoms with Crippen LogP contribution in [-0.2, 0) is 0 Å². The third-order valence-electron chi connectivity index (χ3n) is 4.49. The lowest BCUT2D eigenvalue weighted by Crippen LogP contribution is -2.05. The molecule has 1 nitrogen and oxygen atoms in total. The quantitative estimate of drug-likeness (QED) is 0.361. The maximum atomic E-state index is 13.5. The first-order valence-electron chi connectivity index (χ1n) is 8.77. The van der Waals surface area contributed by atoms with Gasteiger partial charge in [-0.15, -0.1) is 0 Å². The van der Waals surface area contributed by atoms with Gasteiger partial charge in [0.1, 0.15) is 5.82 Å². The number of nitrogens with zero attached hydrogens (tertiary/aromatic N) is 1. The van der Waals surface area contributed by atoms with Crippen molar-refractivity contribution in [1.29, 1.82) is 0 Å². The Morgan fingerprint density at radius 2 is 1.59 bits per heavy atom. The highest BCUT2D eigenvalue weighted by Crippen LogP contribution is 2.39. The summed E-state index contributed by atoms with van der Waals surface area (Å²) in [5.74, 6) is -0.00514. The minimum atomic E-state index is -0.239. The Morgan fingerprint density at radius 1 is 0.963 bits per heavy atom. The lowest BCUT2D eigenvalue weighted by molar-refractivity contribution is 0.628. The SMILES string of the molecule is Cc1c(-c2ccccc2)nc(C(C)C)c(C=C(Br)Br)c1-c1ccc(F)cc1. The molecule has 4 heteroatoms. The molecule has 0 aliphatic carbocycles. The van der Waals surface area contributed by atoms with Crippen molar-refractivity contribution in [1.82, 2.24) is 4.98 Å². The summed E-state index contributed by atoms with van der Waals surface area (Å²) in [7, 11) is 0. The minimum absolute atomic E-state index is 0.234. The Morgan fingerprint density at radius 3 is 2.15 bits per heavy atom. The number of benzene rings is 2. The van der Waals surface area contributed by atoms with Crippen molar-refractivity contribution in [3.05, 3.63) is 80.6 Å². The van der Waals surface area contributed by atoms with Gasteiger partial charge in [0.05, 0.1) is 14.8 Å². The Labute approximate surface area is 176 Å². The fourth-order valence-electron chi connectivity index (χ4n) is 3.27. The fourth-order valence-corrected chi connectivity index (χ4v) is 3.73. The van der Waals surface area contributed by atoms with E-state index in [1.165, 1.54) is 12.1 Å². The zero-order valence-electron chi connectivity index (χ0n) is 15.4. The summed E-state index contributed by atoms with van der Waals surface area (Å²) in [6, 6.07) is 16.9. The van der Waals surface area contributed by atoms with E-state index in [1.807, 2.05) is 36.4 Å². The zero-order valence-corrected chi connectivity index (χ0v) is 18.6. The summed E-state index contributed by atoms with van der Waals surface area (Å²) in [4.78, 5) is 5.04. The van der Waals surface area contributed by atoms with Crippen molar-refractivity contribution in [2.75, 3.05) is 0 Å². The zero-order chi connectivity index (χ0) is 19.6. The van der Waals surface area contributed by atoms with Crippen LogP contribution >= 0.6 is 31.9 Å². The Hall–Kier alpha value is -1.78. The third-order valence-corrected chi connectivity index (χ3v) is 4.95. The van der Waals surface area contributed by atoms with Crippen molar-refractivity contribution in [3.63, 3.8) is 0 Å². The molecule has 3 rings (SSSR count). The molecule has 0 aliphatic rings. The molecule has 27 heavy (non-hydrogen) atoms. The van der Waals surface area contributed by atoms with E-state index >= 15 is 0 Å². The van der Waals surface area contributed by atoms with Crippen molar-refractivity contribution in [2.24, 2.45) is 0 Å². The van der Waals surface area contributed by atoms with E-state index in [4.69, 9.17) is 4.98 Å². The minimum Gasteiger partial charge on any atom is -0.252 e. The summed E-state index contributed by atoms with van der Waals surface area (Å²) in [6.07, 6.45) is 2.03. The summed E-state index contributed by atoms with van der Waals surface area (Å²) < 4.78 is 14.4. The average molecular weight is 489 g/mol. The molecule has 0 radical (unpaired) electrons. The molecule has 0 bridgehead atoms. The second-order valence-electron chi connectivity index (χ2n) is 6.72. The van der Waals surface area contributed by atoms with Gasteiger partial charge in [-0.2, -0.15) is 0 Å². The number of pyridine rings is 1. The molecule has 0 fully saturated rings. The van der Waals surface area contributed by atoms with Crippen LogP contribution in [0.15, 0.2) is 58.0 Å². The Bertz CT molecular complexity index is 974. The monoisotopic (exact) mass is 487 g/mol. The fraction of sp³-hybridized carbons (Fsp3) is 0.174. The highest BCUT2D eigenvalue weighted by Gasteiger charge is 2.20. The smallest absolute Gasteiger partial charge is 0.123 e. The largest absolute Gasteiger partial charge is 0.252 e. The van der Waals surface area contributed by atoms with E-state index in [2.05, 4.69) is 64.8 Å². The maximum Gasteiger partial charge on any atom is 0.123 e. The molecule has 1 aromatic heterocycles. The first-order chi connectivity index (χ1) is 12.9. The van der Waals surface area contributed by atoms with E-state index in [9.17, 15) is 4.39 Å². The van der Waals surface area contributed by atoms with Gasteiger partial charge in [-0.3, -0.25) is 4.98 Å². The summed E-state index contributed by atoms with van der Waals surface area (Å²) >= 11 is 6.98. The first kappa shape index (κ1) is 20.0. The molecule has 0 atom stereocenters. The molecular weight excluding hydrogens is 469 g/mol. The lowest BCUT2D eigenvalue weighted by atomic mass is 9.88. The second-order valence-corrected chi connectivity index (χ2v) is 9.49. The normalized spacial score (nSPS) is 10.9. The van der Waals surface area contributed by atoms with Crippen molar-refractivity contribution in [2.45, 2.75) is 26.7 Å². The van der Waals surface area contributed by atoms with Gasteiger partial charge < -0.3 is 0 Å². The number of hydrogen-bond donors (Lipinski definition) is 0. The lowest BCUT2D eigenvalue weighted by Gasteiger charge is -2.20. The maximum absolute atomic E-state index is 13.5. The van der Waals surface area contributed by atoms with E-state index in [0.717, 1.165) is 42.6 Å². The summed E-state index contributed by atoms with van der Waals surface area (Å²) in [5, 5.41) is 0. The van der Waals surface area contributed by atoms with Crippen LogP contribution in [0.5, 0.6) is 0 Å². The number of halogens is 3. The molecule has 138 valence electrons. The molecule has 0 unspecified atom stereocenters. The van der Waals surface area contributed by atoms with Gasteiger partial charge >= 0.3 is 0 Å². The van der Waals surface area contributed by atoms with Crippen molar-refractivity contribution in [3.8, 4) is 22.4 Å². The molecule has 0 saturated carbocycles. The highest BCUT2D eigenvalue weighted by atomic mass is 79.9. The van der Waals surface area contributed by atoms with Crippen LogP contribution in [-0.4, -0.2) is 4.98 Å². The van der Waals surface area contributed by atoms with Gasteiger partial charge in [0.15, 0.2) is 0 Å². The molecule has 0 spiro atoms. The third kappa shape index (κ3) is 4.39. The van der Waals surface area contributed by atoms with E-state index in [1.54, 1.807) is 0 Å². The van der Waals surface area contributed by atoms with Gasteiger partial charge in [-0.25, -0.2) is 4.39 Å². The van der Waals surface area contributed by atoms with E-state index in [0.29, 0.717) is 0 Å². The van der Waals surface area contributed by atoms with Gasteiger partial charge in [0, 0.05) is 11.1 Å². The van der Waals surface area contributed by atoms with Gasteiger partial charge in [-0.05, 0) is 79.6 Å². The Kier molecular flexibility index (Phi) is 6.28. The van der Waals surface area contributed by atoms with Gasteiger partial charge in [-0.1, -0.05) is 56.3 Å². The standard InChI is InChI=1S/C23H20Br2FN/c1-14(2)22-19(13-20(24)25)21(16-9-11-18(26)12-10-16)15(3)23(27-22)17-7-5-4-6-8-17/h4-14H,1-3H3. The van der Waals surface area contributed by atoms with Crippen molar-refractivity contribution < 1.29 is 4.39 Å². The topological polar surface area (TPSA) is 12.9 Å². The van der Waals surface area contributed by atoms with Crippen LogP contribution in [0, 0.1) is 12.7 Å². The molecule has 0 aliphatic heterocycles. The predicted molar refractivity (Wildman–Crippen MR) is 120 cm³/mol. The molecule has 2 aromatic carbocycles. The van der Waals surface area contributed by atoms with Gasteiger partial charge in [0.25, 0.3) is 0 Å². The van der Waals surface area contributed by atoms with Gasteiger partial charge in [0.2, 0.25) is 0 Å². The van der Waals surface area contributed by atoms with Crippen LogP contribution in [0.4, 0.5) is 4.39 Å². The highest BCUT2D eigenvalue weighted by molar-refractivity contribution is 9.28. The number of aromatic nitrogens is 1. The molecule has 3 aromatic rings. The first-order valence-corrected chi connectivity index (χ1v) is 10.4. The van der Waals surface area contributed by atoms with Crippen LogP contribution in [0.25, 0.3) is 28.5 Å². The molecule has 0 saturated heterocycles.